The summed E-state index contributed by atoms with van der Waals surface area (Å²) in [6.45, 7) is 10.8. The Kier molecular flexibility index (Phi) is 12.3. The number of carbonyl (C=O) groups excluding carboxylic acids is 1. The highest BCUT2D eigenvalue weighted by Gasteiger charge is 2.33. The molecule has 2 amide bonds. The normalized spacial score (nSPS) is 25.8. The molecule has 55 heavy (non-hydrogen) atoms. The van der Waals surface area contributed by atoms with Crippen molar-refractivity contribution in [3.05, 3.63) is 33.5 Å². The summed E-state index contributed by atoms with van der Waals surface area (Å²) in [5, 5.41) is 8.26. The molecule has 2 aliphatic carbocycles. The van der Waals surface area contributed by atoms with Crippen LogP contribution in [0.2, 0.25) is 0 Å². The number of nitrogens with one attached hydrogen (secondary N) is 2. The van der Waals surface area contributed by atoms with Crippen molar-refractivity contribution in [1.82, 2.24) is 45.3 Å². The second-order valence-electron chi connectivity index (χ2n) is 15.1. The average molecular weight is 794 g/mol. The van der Waals surface area contributed by atoms with E-state index in [9.17, 15) is 4.79 Å². The highest BCUT2D eigenvalue weighted by molar-refractivity contribution is 7.19. The van der Waals surface area contributed by atoms with E-state index in [4.69, 9.17) is 18.9 Å². The van der Waals surface area contributed by atoms with Crippen LogP contribution < -0.4 is 20.1 Å². The van der Waals surface area contributed by atoms with E-state index in [0.717, 1.165) is 136 Å². The maximum atomic E-state index is 12.0. The van der Waals surface area contributed by atoms with Gasteiger partial charge in [-0.15, -0.1) is 22.7 Å². The summed E-state index contributed by atoms with van der Waals surface area (Å²) in [6, 6.07) is 1.29. The number of carbonyl (C=O) groups is 1. The fraction of sp³-hybridized carbons (Fsp3) is 0.667. The van der Waals surface area contributed by atoms with Gasteiger partial charge in [0.2, 0.25) is 11.8 Å². The maximum Gasteiger partial charge on any atom is 0.317 e. The molecule has 8 heterocycles. The third-order valence-corrected chi connectivity index (χ3v) is 14.3. The molecule has 4 aromatic rings. The minimum atomic E-state index is -0.0534. The van der Waals surface area contributed by atoms with Crippen LogP contribution in [0.1, 0.15) is 79.7 Å². The summed E-state index contributed by atoms with van der Waals surface area (Å²) in [5.41, 5.74) is 2.49. The predicted octanol–water partition coefficient (Wildman–Crippen LogP) is 5.32. The first-order valence-corrected chi connectivity index (χ1v) is 21.4. The standard InChI is InChI=1S/C20H27N5O3S.C18H24N4O2S.CH4/c1-21-20(26)25-10-15-16(11-25)29-19-17(15)18(22-12-23-19)28-14-4-2-13(3-5-14)24-6-8-27-9-7-24;1-3-13(4-2-12(1)22-5-7-23-8-6-22)24-17-16-14-9-19-10-15(14)25-18(16)21-11-20-17;/h12-14H,2-11H2,1H3,(H,21,26);11-13,19H,1-10H2;1H4. The number of rotatable bonds is 6. The molecule has 0 radical (unpaired) electrons. The summed E-state index contributed by atoms with van der Waals surface area (Å²) < 4.78 is 23.7. The van der Waals surface area contributed by atoms with Crippen LogP contribution in [0.15, 0.2) is 12.7 Å². The molecule has 10 rings (SSSR count). The van der Waals surface area contributed by atoms with E-state index in [2.05, 4.69) is 40.4 Å². The Morgan fingerprint density at radius 3 is 1.75 bits per heavy atom. The van der Waals surface area contributed by atoms with Crippen LogP contribution in [0.5, 0.6) is 11.8 Å². The van der Waals surface area contributed by atoms with Gasteiger partial charge in [-0.25, -0.2) is 24.7 Å². The van der Waals surface area contributed by atoms with Crippen molar-refractivity contribution in [2.45, 2.75) is 109 Å². The van der Waals surface area contributed by atoms with Crippen molar-refractivity contribution >= 4 is 49.1 Å². The van der Waals surface area contributed by atoms with E-state index >= 15 is 0 Å². The monoisotopic (exact) mass is 793 g/mol. The van der Waals surface area contributed by atoms with Crippen LogP contribution in [0.4, 0.5) is 4.79 Å². The van der Waals surface area contributed by atoms with Gasteiger partial charge in [-0.3, -0.25) is 9.80 Å². The molecule has 4 aliphatic heterocycles. The fourth-order valence-electron chi connectivity index (χ4n) is 9.10. The number of amides is 2. The summed E-state index contributed by atoms with van der Waals surface area (Å²) in [6.07, 6.45) is 12.8. The Morgan fingerprint density at radius 2 is 1.22 bits per heavy atom. The zero-order valence-corrected chi connectivity index (χ0v) is 32.7. The molecule has 4 aromatic heterocycles. The molecule has 6 aliphatic rings. The van der Waals surface area contributed by atoms with Gasteiger partial charge in [0.05, 0.1) is 43.7 Å². The minimum absolute atomic E-state index is 0. The van der Waals surface area contributed by atoms with E-state index in [0.29, 0.717) is 31.1 Å². The lowest BCUT2D eigenvalue weighted by atomic mass is 9.91. The summed E-state index contributed by atoms with van der Waals surface area (Å²) >= 11 is 3.41. The number of ether oxygens (including phenoxy) is 4. The molecular formula is C39H55N9O5S2. The van der Waals surface area contributed by atoms with Crippen LogP contribution in [0.25, 0.3) is 20.4 Å². The van der Waals surface area contributed by atoms with Gasteiger partial charge in [-0.05, 0) is 56.9 Å². The van der Waals surface area contributed by atoms with Crippen molar-refractivity contribution in [3.8, 4) is 11.8 Å². The summed E-state index contributed by atoms with van der Waals surface area (Å²) in [7, 11) is 1.66. The molecule has 0 spiro atoms. The van der Waals surface area contributed by atoms with Gasteiger partial charge in [0.25, 0.3) is 0 Å². The second-order valence-corrected chi connectivity index (χ2v) is 17.3. The van der Waals surface area contributed by atoms with Gasteiger partial charge in [0.1, 0.15) is 34.5 Å². The van der Waals surface area contributed by atoms with Crippen molar-refractivity contribution in [1.29, 1.82) is 0 Å². The quantitative estimate of drug-likeness (QED) is 0.261. The first kappa shape index (κ1) is 38.6. The van der Waals surface area contributed by atoms with Crippen LogP contribution in [-0.2, 0) is 35.7 Å². The topological polar surface area (TPSA) is 139 Å². The Hall–Kier alpha value is -3.25. The van der Waals surface area contributed by atoms with E-state index in [1.54, 1.807) is 42.4 Å². The number of fused-ring (bicyclic) bond motifs is 6. The molecule has 2 N–H and O–H groups in total. The lowest BCUT2D eigenvalue weighted by Gasteiger charge is -2.38. The highest BCUT2D eigenvalue weighted by atomic mass is 32.1. The van der Waals surface area contributed by atoms with Crippen LogP contribution >= 0.6 is 22.7 Å². The van der Waals surface area contributed by atoms with E-state index < -0.39 is 0 Å². The van der Waals surface area contributed by atoms with Crippen LogP contribution in [0.3, 0.4) is 0 Å². The minimum Gasteiger partial charge on any atom is -0.474 e. The zero-order valence-electron chi connectivity index (χ0n) is 31.1. The van der Waals surface area contributed by atoms with Crippen molar-refractivity contribution in [2.75, 3.05) is 59.7 Å². The first-order chi connectivity index (χ1) is 26.6. The third kappa shape index (κ3) is 8.27. The number of thiophene rings is 2. The van der Waals surface area contributed by atoms with Crippen LogP contribution in [-0.4, -0.2) is 125 Å². The lowest BCUT2D eigenvalue weighted by molar-refractivity contribution is -0.00132. The molecule has 0 bridgehead atoms. The number of nitrogens with zero attached hydrogens (tertiary/aromatic N) is 7. The Balaban J connectivity index is 0.000000154. The molecule has 298 valence electrons. The first-order valence-electron chi connectivity index (χ1n) is 19.8. The van der Waals surface area contributed by atoms with E-state index in [-0.39, 0.29) is 25.7 Å². The third-order valence-electron chi connectivity index (χ3n) is 12.0. The van der Waals surface area contributed by atoms with E-state index in [1.807, 2.05) is 4.90 Å². The lowest BCUT2D eigenvalue weighted by Crippen LogP contribution is -2.46. The summed E-state index contributed by atoms with van der Waals surface area (Å²) in [5.74, 6) is 1.47. The Labute approximate surface area is 331 Å². The van der Waals surface area contributed by atoms with Gasteiger partial charge in [-0.1, -0.05) is 7.43 Å². The number of hydrogen-bond acceptors (Lipinski definition) is 14. The molecular weight excluding hydrogens is 739 g/mol. The number of morpholine rings is 2. The molecule has 0 unspecified atom stereocenters. The zero-order chi connectivity index (χ0) is 36.4. The Morgan fingerprint density at radius 1 is 0.709 bits per heavy atom. The van der Waals surface area contributed by atoms with Gasteiger partial charge < -0.3 is 34.5 Å². The smallest absolute Gasteiger partial charge is 0.317 e. The average Bonchev–Trinajstić information content (AvgIpc) is 4.01. The van der Waals surface area contributed by atoms with Gasteiger partial charge in [-0.2, -0.15) is 0 Å². The van der Waals surface area contributed by atoms with E-state index in [1.165, 1.54) is 28.2 Å². The highest BCUT2D eigenvalue weighted by Crippen LogP contribution is 2.42. The van der Waals surface area contributed by atoms with Crippen molar-refractivity contribution in [3.63, 3.8) is 0 Å². The van der Waals surface area contributed by atoms with Gasteiger partial charge in [0.15, 0.2) is 0 Å². The molecule has 2 saturated heterocycles. The molecule has 14 nitrogen and oxygen atoms in total. The number of urea groups is 1. The van der Waals surface area contributed by atoms with Crippen molar-refractivity contribution in [2.24, 2.45) is 0 Å². The Bertz CT molecular complexity index is 1910. The molecule has 0 atom stereocenters. The maximum absolute atomic E-state index is 12.0. The molecule has 16 heteroatoms. The summed E-state index contributed by atoms with van der Waals surface area (Å²) in [4.78, 5) is 41.5. The van der Waals surface area contributed by atoms with Gasteiger partial charge >= 0.3 is 6.03 Å². The SMILES string of the molecule is C.CNC(=O)N1Cc2sc3ncnc(OC4CCC(N5CCOCC5)CC4)c3c2C1.c1nc(OC2CCC(N3CCOCC3)CC2)c2c3c(sc2n1)CNC3. The molecule has 2 saturated carbocycles. The number of hydrogen-bond donors (Lipinski definition) is 2. The van der Waals surface area contributed by atoms with Gasteiger partial charge in [0, 0.05) is 80.3 Å². The fourth-order valence-corrected chi connectivity index (χ4v) is 11.4. The predicted molar refractivity (Wildman–Crippen MR) is 214 cm³/mol. The number of aromatic nitrogens is 4. The largest absolute Gasteiger partial charge is 0.474 e. The van der Waals surface area contributed by atoms with Crippen molar-refractivity contribution < 1.29 is 23.7 Å². The molecule has 0 aromatic carbocycles. The molecule has 4 fully saturated rings. The second kappa shape index (κ2) is 17.5. The van der Waals surface area contributed by atoms with Crippen LogP contribution in [0, 0.1) is 0 Å².